The maximum absolute atomic E-state index is 12.7. The molecule has 0 aliphatic carbocycles. The molecule has 166 valence electrons. The summed E-state index contributed by atoms with van der Waals surface area (Å²) in [6.07, 6.45) is 19.1. The van der Waals surface area contributed by atoms with E-state index in [9.17, 15) is 14.7 Å². The van der Waals surface area contributed by atoms with Gasteiger partial charge in [-0.1, -0.05) is 118 Å². The molecule has 3 nitrogen and oxygen atoms in total. The van der Waals surface area contributed by atoms with Gasteiger partial charge in [0.2, 0.25) is 0 Å². The predicted molar refractivity (Wildman–Crippen MR) is 120 cm³/mol. The van der Waals surface area contributed by atoms with Gasteiger partial charge < -0.3 is 5.11 Å². The van der Waals surface area contributed by atoms with Gasteiger partial charge in [0.1, 0.15) is 5.78 Å². The van der Waals surface area contributed by atoms with Crippen LogP contribution in [0.5, 0.6) is 0 Å². The van der Waals surface area contributed by atoms with Crippen LogP contribution in [0.3, 0.4) is 0 Å². The van der Waals surface area contributed by atoms with Crippen LogP contribution in [-0.4, -0.2) is 16.9 Å². The highest BCUT2D eigenvalue weighted by atomic mass is 16.4. The van der Waals surface area contributed by atoms with E-state index in [4.69, 9.17) is 0 Å². The molecule has 0 radical (unpaired) electrons. The lowest BCUT2D eigenvalue weighted by molar-refractivity contribution is -0.151. The lowest BCUT2D eigenvalue weighted by Gasteiger charge is -2.30. The molecule has 0 rings (SSSR count). The Morgan fingerprint density at radius 3 is 1.50 bits per heavy atom. The molecule has 28 heavy (non-hydrogen) atoms. The first-order chi connectivity index (χ1) is 13.4. The van der Waals surface area contributed by atoms with Gasteiger partial charge in [-0.15, -0.1) is 0 Å². The number of Topliss-reactive ketones (excluding diaryl/α,β-unsaturated/α-hetero) is 1. The fourth-order valence-electron chi connectivity index (χ4n) is 4.03. The Balaban J connectivity index is 4.10. The second-order valence-electron chi connectivity index (χ2n) is 9.17. The number of aliphatic carboxylic acids is 1. The third-order valence-corrected chi connectivity index (χ3v) is 6.24. The van der Waals surface area contributed by atoms with E-state index in [0.717, 1.165) is 25.7 Å². The third-order valence-electron chi connectivity index (χ3n) is 6.24. The van der Waals surface area contributed by atoms with Crippen LogP contribution in [0.4, 0.5) is 0 Å². The number of rotatable bonds is 20. The molecule has 0 aliphatic rings. The van der Waals surface area contributed by atoms with Gasteiger partial charge >= 0.3 is 5.97 Å². The van der Waals surface area contributed by atoms with E-state index in [-0.39, 0.29) is 5.78 Å². The van der Waals surface area contributed by atoms with E-state index in [1.165, 1.54) is 70.6 Å². The van der Waals surface area contributed by atoms with E-state index in [2.05, 4.69) is 13.8 Å². The van der Waals surface area contributed by atoms with Crippen LogP contribution < -0.4 is 0 Å². The molecule has 1 atom stereocenters. The maximum Gasteiger partial charge on any atom is 0.307 e. The van der Waals surface area contributed by atoms with Crippen LogP contribution in [0.1, 0.15) is 137 Å². The number of ketones is 1. The van der Waals surface area contributed by atoms with Gasteiger partial charge in [0.25, 0.3) is 0 Å². The van der Waals surface area contributed by atoms with Crippen LogP contribution in [0.2, 0.25) is 0 Å². The molecule has 0 fully saturated rings. The van der Waals surface area contributed by atoms with Gasteiger partial charge in [0, 0.05) is 11.8 Å². The highest BCUT2D eigenvalue weighted by Gasteiger charge is 2.39. The number of carbonyl (C=O) groups is 2. The monoisotopic (exact) mass is 396 g/mol. The normalized spacial score (nSPS) is 12.9. The van der Waals surface area contributed by atoms with Crippen molar-refractivity contribution in [3.63, 3.8) is 0 Å². The fraction of sp³-hybridized carbons (Fsp3) is 0.920. The molecule has 0 bridgehead atoms. The Kier molecular flexibility index (Phi) is 16.5. The van der Waals surface area contributed by atoms with Gasteiger partial charge in [-0.2, -0.15) is 0 Å². The summed E-state index contributed by atoms with van der Waals surface area (Å²) in [6, 6.07) is 0. The first-order valence-corrected chi connectivity index (χ1v) is 12.1. The summed E-state index contributed by atoms with van der Waals surface area (Å²) in [4.78, 5) is 24.5. The standard InChI is InChI=1S/C25H48O3/c1-5-7-9-11-12-13-14-15-17-18-20-22(24(27)28)25(3,4)23(26)21-19-16-10-8-6-2/h22H,5-21H2,1-4H3,(H,27,28). The Morgan fingerprint density at radius 2 is 1.07 bits per heavy atom. The Bertz CT molecular complexity index is 401. The first-order valence-electron chi connectivity index (χ1n) is 12.1. The molecule has 0 heterocycles. The van der Waals surface area contributed by atoms with E-state index in [1.54, 1.807) is 0 Å². The zero-order valence-corrected chi connectivity index (χ0v) is 19.4. The molecule has 0 aliphatic heterocycles. The fourth-order valence-corrected chi connectivity index (χ4v) is 4.03. The van der Waals surface area contributed by atoms with Crippen molar-refractivity contribution in [2.75, 3.05) is 0 Å². The van der Waals surface area contributed by atoms with Crippen molar-refractivity contribution in [3.05, 3.63) is 0 Å². The van der Waals surface area contributed by atoms with E-state index in [1.807, 2.05) is 13.8 Å². The van der Waals surface area contributed by atoms with E-state index in [0.29, 0.717) is 12.8 Å². The summed E-state index contributed by atoms with van der Waals surface area (Å²) in [6.45, 7) is 8.11. The number of hydrogen-bond donors (Lipinski definition) is 1. The molecule has 3 heteroatoms. The first kappa shape index (κ1) is 27.1. The second-order valence-corrected chi connectivity index (χ2v) is 9.17. The van der Waals surface area contributed by atoms with Crippen molar-refractivity contribution in [2.45, 2.75) is 137 Å². The van der Waals surface area contributed by atoms with Gasteiger partial charge in [0.15, 0.2) is 0 Å². The Labute approximate surface area is 175 Å². The lowest BCUT2D eigenvalue weighted by atomic mass is 9.72. The number of carbonyl (C=O) groups excluding carboxylic acids is 1. The average molecular weight is 397 g/mol. The minimum absolute atomic E-state index is 0.128. The minimum Gasteiger partial charge on any atom is -0.481 e. The number of carboxylic acids is 1. The van der Waals surface area contributed by atoms with Crippen molar-refractivity contribution in [1.82, 2.24) is 0 Å². The molecule has 0 saturated carbocycles. The predicted octanol–water partition coefficient (Wildman–Crippen LogP) is 7.95. The molecule has 0 spiro atoms. The van der Waals surface area contributed by atoms with Crippen LogP contribution in [0, 0.1) is 11.3 Å². The number of hydrogen-bond acceptors (Lipinski definition) is 2. The van der Waals surface area contributed by atoms with E-state index < -0.39 is 17.3 Å². The largest absolute Gasteiger partial charge is 0.481 e. The van der Waals surface area contributed by atoms with Crippen molar-refractivity contribution in [3.8, 4) is 0 Å². The van der Waals surface area contributed by atoms with Crippen LogP contribution in [0.15, 0.2) is 0 Å². The van der Waals surface area contributed by atoms with Gasteiger partial charge in [0.05, 0.1) is 5.92 Å². The van der Waals surface area contributed by atoms with Crippen molar-refractivity contribution in [1.29, 1.82) is 0 Å². The SMILES string of the molecule is CCCCCCCCCCCCC(C(=O)O)C(C)(C)C(=O)CCCCCCC. The minimum atomic E-state index is -0.805. The van der Waals surface area contributed by atoms with Crippen molar-refractivity contribution < 1.29 is 14.7 Å². The van der Waals surface area contributed by atoms with Gasteiger partial charge in [-0.3, -0.25) is 9.59 Å². The molecule has 0 saturated heterocycles. The third kappa shape index (κ3) is 12.6. The molecule has 0 aromatic carbocycles. The summed E-state index contributed by atoms with van der Waals surface area (Å²) in [5.74, 6) is -1.23. The summed E-state index contributed by atoms with van der Waals surface area (Å²) >= 11 is 0. The zero-order chi connectivity index (χ0) is 21.3. The quantitative estimate of drug-likeness (QED) is 0.212. The number of unbranched alkanes of at least 4 members (excludes halogenated alkanes) is 13. The molecular formula is C25H48O3. The zero-order valence-electron chi connectivity index (χ0n) is 19.4. The van der Waals surface area contributed by atoms with E-state index >= 15 is 0 Å². The summed E-state index contributed by atoms with van der Waals surface area (Å²) in [5.41, 5.74) is -0.754. The van der Waals surface area contributed by atoms with Crippen molar-refractivity contribution >= 4 is 11.8 Å². The molecule has 1 unspecified atom stereocenters. The van der Waals surface area contributed by atoms with Crippen LogP contribution in [0.25, 0.3) is 0 Å². The average Bonchev–Trinajstić information content (AvgIpc) is 2.65. The Morgan fingerprint density at radius 1 is 0.679 bits per heavy atom. The highest BCUT2D eigenvalue weighted by Crippen LogP contribution is 2.34. The topological polar surface area (TPSA) is 54.4 Å². The lowest BCUT2D eigenvalue weighted by Crippen LogP contribution is -2.37. The molecule has 1 N–H and O–H groups in total. The summed E-state index contributed by atoms with van der Waals surface area (Å²) in [5, 5.41) is 9.69. The van der Waals surface area contributed by atoms with Crippen LogP contribution in [-0.2, 0) is 9.59 Å². The van der Waals surface area contributed by atoms with Crippen LogP contribution >= 0.6 is 0 Å². The van der Waals surface area contributed by atoms with Gasteiger partial charge in [-0.25, -0.2) is 0 Å². The smallest absolute Gasteiger partial charge is 0.307 e. The second kappa shape index (κ2) is 17.0. The summed E-state index contributed by atoms with van der Waals surface area (Å²) < 4.78 is 0. The molecule has 0 amide bonds. The Hall–Kier alpha value is -0.860. The molecule has 0 aromatic heterocycles. The van der Waals surface area contributed by atoms with Crippen molar-refractivity contribution in [2.24, 2.45) is 11.3 Å². The summed E-state index contributed by atoms with van der Waals surface area (Å²) in [7, 11) is 0. The van der Waals surface area contributed by atoms with Gasteiger partial charge in [-0.05, 0) is 12.8 Å². The molecular weight excluding hydrogens is 348 g/mol. The molecule has 0 aromatic rings. The highest BCUT2D eigenvalue weighted by molar-refractivity contribution is 5.89. The number of carboxylic acid groups (broad SMARTS) is 1. The maximum atomic E-state index is 12.7.